The van der Waals surface area contributed by atoms with Crippen molar-refractivity contribution in [2.45, 2.75) is 25.7 Å². The van der Waals surface area contributed by atoms with Crippen molar-refractivity contribution in [1.82, 2.24) is 0 Å². The summed E-state index contributed by atoms with van der Waals surface area (Å²) >= 11 is 1.51. The van der Waals surface area contributed by atoms with Gasteiger partial charge in [-0.15, -0.1) is 0 Å². The Kier molecular flexibility index (Phi) is 4.31. The number of Topliss-reactive ketones (excluding diaryl/α,β-unsaturated/α-hetero) is 1. The Balaban J connectivity index is 3.91. The molecule has 0 unspecified atom stereocenters. The predicted octanol–water partition coefficient (Wildman–Crippen LogP) is 2.43. The smallest absolute Gasteiger partial charge is 0.293 e. The van der Waals surface area contributed by atoms with E-state index in [0.29, 0.717) is 6.42 Å². The maximum absolute atomic E-state index is 12.4. The van der Waals surface area contributed by atoms with Gasteiger partial charge in [0.05, 0.1) is 4.43 Å². The maximum Gasteiger partial charge on any atom is 0.314 e. The molecule has 0 aromatic carbocycles. The van der Waals surface area contributed by atoms with Gasteiger partial charge in [0.1, 0.15) is 0 Å². The second-order valence-corrected chi connectivity index (χ2v) is 2.77. The van der Waals surface area contributed by atoms with E-state index in [4.69, 9.17) is 0 Å². The van der Waals surface area contributed by atoms with Gasteiger partial charge >= 0.3 is 5.92 Å². The molecule has 0 rings (SSSR count). The van der Waals surface area contributed by atoms with E-state index >= 15 is 0 Å². The van der Waals surface area contributed by atoms with Crippen molar-refractivity contribution in [2.24, 2.45) is 0 Å². The van der Waals surface area contributed by atoms with Crippen LogP contribution in [0.25, 0.3) is 0 Å². The van der Waals surface area contributed by atoms with E-state index in [1.54, 1.807) is 6.92 Å². The van der Waals surface area contributed by atoms with E-state index in [0.717, 1.165) is 0 Å². The fraction of sp³-hybridized carbons (Fsp3) is 0.833. The monoisotopic (exact) mass is 262 g/mol. The highest BCUT2D eigenvalue weighted by atomic mass is 127. The predicted molar refractivity (Wildman–Crippen MR) is 43.7 cm³/mol. The minimum Gasteiger partial charge on any atom is -0.293 e. The van der Waals surface area contributed by atoms with Crippen LogP contribution in [-0.2, 0) is 4.79 Å². The van der Waals surface area contributed by atoms with Crippen LogP contribution in [0.4, 0.5) is 8.78 Å². The summed E-state index contributed by atoms with van der Waals surface area (Å²) in [4.78, 5) is 10.5. The number of halogens is 3. The summed E-state index contributed by atoms with van der Waals surface area (Å²) in [6.07, 6.45) is 0.473. The third kappa shape index (κ3) is 2.90. The largest absolute Gasteiger partial charge is 0.314 e. The van der Waals surface area contributed by atoms with Crippen LogP contribution < -0.4 is 0 Å². The highest BCUT2D eigenvalue weighted by molar-refractivity contribution is 14.1. The molecule has 0 fully saturated rings. The highest BCUT2D eigenvalue weighted by Crippen LogP contribution is 2.19. The molecule has 0 aliphatic heterocycles. The summed E-state index contributed by atoms with van der Waals surface area (Å²) < 4.78 is 24.3. The number of hydrogen-bond acceptors (Lipinski definition) is 1. The van der Waals surface area contributed by atoms with Gasteiger partial charge in [-0.25, -0.2) is 0 Å². The van der Waals surface area contributed by atoms with Crippen LogP contribution >= 0.6 is 22.6 Å². The summed E-state index contributed by atoms with van der Waals surface area (Å²) in [6.45, 7) is 1.71. The molecule has 0 aliphatic rings. The Morgan fingerprint density at radius 2 is 2.10 bits per heavy atom. The maximum atomic E-state index is 12.4. The van der Waals surface area contributed by atoms with Crippen LogP contribution in [0.15, 0.2) is 0 Å². The SMILES string of the molecule is CCCC(=O)C(F)(F)CI. The Morgan fingerprint density at radius 1 is 1.60 bits per heavy atom. The van der Waals surface area contributed by atoms with Crippen molar-refractivity contribution >= 4 is 28.4 Å². The Morgan fingerprint density at radius 3 is 2.40 bits per heavy atom. The van der Waals surface area contributed by atoms with E-state index in [1.807, 2.05) is 0 Å². The van der Waals surface area contributed by atoms with Gasteiger partial charge in [-0.1, -0.05) is 29.5 Å². The number of alkyl halides is 3. The lowest BCUT2D eigenvalue weighted by Gasteiger charge is -2.09. The van der Waals surface area contributed by atoms with Gasteiger partial charge in [-0.3, -0.25) is 4.79 Å². The van der Waals surface area contributed by atoms with Crippen LogP contribution in [0, 0.1) is 0 Å². The molecular weight excluding hydrogens is 253 g/mol. The van der Waals surface area contributed by atoms with Crippen LogP contribution in [0.1, 0.15) is 19.8 Å². The van der Waals surface area contributed by atoms with Gasteiger partial charge in [-0.05, 0) is 6.42 Å². The lowest BCUT2D eigenvalue weighted by molar-refractivity contribution is -0.139. The van der Waals surface area contributed by atoms with Crippen LogP contribution in [-0.4, -0.2) is 16.1 Å². The molecule has 0 radical (unpaired) electrons. The lowest BCUT2D eigenvalue weighted by atomic mass is 10.1. The summed E-state index contributed by atoms with van der Waals surface area (Å²) in [7, 11) is 0. The van der Waals surface area contributed by atoms with Gasteiger partial charge < -0.3 is 0 Å². The second-order valence-electron chi connectivity index (χ2n) is 2.01. The highest BCUT2D eigenvalue weighted by Gasteiger charge is 2.35. The van der Waals surface area contributed by atoms with Crippen molar-refractivity contribution in [2.75, 3.05) is 4.43 Å². The molecule has 4 heteroatoms. The molecule has 0 spiro atoms. The average Bonchev–Trinajstić information content (AvgIpc) is 1.89. The van der Waals surface area contributed by atoms with E-state index < -0.39 is 16.1 Å². The number of carbonyl (C=O) groups is 1. The molecule has 0 saturated heterocycles. The third-order valence-electron chi connectivity index (χ3n) is 1.05. The number of ketones is 1. The van der Waals surface area contributed by atoms with Gasteiger partial charge in [0.25, 0.3) is 0 Å². The Labute approximate surface area is 72.3 Å². The van der Waals surface area contributed by atoms with Crippen molar-refractivity contribution in [3.05, 3.63) is 0 Å². The summed E-state index contributed by atoms with van der Waals surface area (Å²) in [5.41, 5.74) is 0. The minimum atomic E-state index is -3.10. The number of rotatable bonds is 4. The van der Waals surface area contributed by atoms with Crippen molar-refractivity contribution < 1.29 is 13.6 Å². The van der Waals surface area contributed by atoms with Crippen LogP contribution in [0.2, 0.25) is 0 Å². The van der Waals surface area contributed by atoms with Gasteiger partial charge in [0.15, 0.2) is 0 Å². The Bertz CT molecular complexity index is 125. The molecule has 0 amide bonds. The molecular formula is C6H9F2IO. The quantitative estimate of drug-likeness (QED) is 0.561. The molecule has 0 aromatic rings. The van der Waals surface area contributed by atoms with Crippen molar-refractivity contribution in [3.8, 4) is 0 Å². The van der Waals surface area contributed by atoms with Crippen LogP contribution in [0.5, 0.6) is 0 Å². The zero-order valence-corrected chi connectivity index (χ0v) is 7.82. The van der Waals surface area contributed by atoms with E-state index in [1.165, 1.54) is 22.6 Å². The molecule has 0 bridgehead atoms. The van der Waals surface area contributed by atoms with Crippen molar-refractivity contribution in [1.29, 1.82) is 0 Å². The fourth-order valence-electron chi connectivity index (χ4n) is 0.484. The molecule has 0 saturated carbocycles. The van der Waals surface area contributed by atoms with Gasteiger partial charge in [-0.2, -0.15) is 8.78 Å². The lowest BCUT2D eigenvalue weighted by Crippen LogP contribution is -2.29. The molecule has 10 heavy (non-hydrogen) atoms. The molecule has 0 atom stereocenters. The normalized spacial score (nSPS) is 11.6. The second kappa shape index (κ2) is 4.20. The van der Waals surface area contributed by atoms with Crippen molar-refractivity contribution in [3.63, 3.8) is 0 Å². The first kappa shape index (κ1) is 10.3. The first-order valence-electron chi connectivity index (χ1n) is 3.01. The summed E-state index contributed by atoms with van der Waals surface area (Å²) in [6, 6.07) is 0. The zero-order chi connectivity index (χ0) is 8.20. The van der Waals surface area contributed by atoms with Gasteiger partial charge in [0, 0.05) is 6.42 Å². The van der Waals surface area contributed by atoms with Gasteiger partial charge in [0.2, 0.25) is 5.78 Å². The summed E-state index contributed by atoms with van der Waals surface area (Å²) in [5, 5.41) is 0. The molecule has 0 aliphatic carbocycles. The van der Waals surface area contributed by atoms with E-state index in [9.17, 15) is 13.6 Å². The fourth-order valence-corrected chi connectivity index (χ4v) is 0.910. The van der Waals surface area contributed by atoms with E-state index in [-0.39, 0.29) is 6.42 Å². The Hall–Kier alpha value is 0.260. The van der Waals surface area contributed by atoms with E-state index in [2.05, 4.69) is 0 Å². The standard InChI is InChI=1S/C6H9F2IO/c1-2-3-5(10)6(7,8)4-9/h2-4H2,1H3. The molecule has 60 valence electrons. The third-order valence-corrected chi connectivity index (χ3v) is 2.01. The topological polar surface area (TPSA) is 17.1 Å². The molecule has 0 N–H and O–H groups in total. The first-order chi connectivity index (χ1) is 4.54. The molecule has 0 aromatic heterocycles. The molecule has 0 heterocycles. The average molecular weight is 262 g/mol. The number of hydrogen-bond donors (Lipinski definition) is 0. The molecule has 1 nitrogen and oxygen atoms in total. The van der Waals surface area contributed by atoms with Crippen LogP contribution in [0.3, 0.4) is 0 Å². The minimum absolute atomic E-state index is 0.0179. The first-order valence-corrected chi connectivity index (χ1v) is 4.54. The number of carbonyl (C=O) groups excluding carboxylic acids is 1. The zero-order valence-electron chi connectivity index (χ0n) is 5.66. The summed E-state index contributed by atoms with van der Waals surface area (Å²) in [5.74, 6) is -4.04.